The van der Waals surface area contributed by atoms with E-state index in [1.807, 2.05) is 6.92 Å². The average molecular weight is 198 g/mol. The lowest BCUT2D eigenvalue weighted by molar-refractivity contribution is 0.295. The van der Waals surface area contributed by atoms with Crippen molar-refractivity contribution >= 4 is 0 Å². The van der Waals surface area contributed by atoms with Gasteiger partial charge in [0.15, 0.2) is 0 Å². The summed E-state index contributed by atoms with van der Waals surface area (Å²) >= 11 is 0. The fraction of sp³-hybridized carbons (Fsp3) is 1.00. The summed E-state index contributed by atoms with van der Waals surface area (Å²) in [6, 6.07) is 0. The first-order valence-corrected chi connectivity index (χ1v) is 4.59. The van der Waals surface area contributed by atoms with Crippen LogP contribution in [0.4, 0.5) is 0 Å². The highest BCUT2D eigenvalue weighted by atomic mass is 16.3. The molecule has 0 aliphatic heterocycles. The highest BCUT2D eigenvalue weighted by molar-refractivity contribution is 4.10. The summed E-state index contributed by atoms with van der Waals surface area (Å²) in [5.41, 5.74) is 0. The van der Waals surface area contributed by atoms with Crippen LogP contribution in [0.15, 0.2) is 0 Å². The van der Waals surface area contributed by atoms with Gasteiger partial charge >= 0.3 is 0 Å². The van der Waals surface area contributed by atoms with Crippen LogP contribution in [0.25, 0.3) is 0 Å². The maximum Gasteiger partial charge on any atom is 0.0428 e. The van der Waals surface area contributed by atoms with Crippen molar-refractivity contribution in [1.82, 2.24) is 0 Å². The highest BCUT2D eigenvalue weighted by Gasteiger charge is 1.57. The lowest BCUT2D eigenvalue weighted by Crippen LogP contribution is -1.69. The maximum absolute atomic E-state index is 7.88. The van der Waals surface area contributed by atoms with Crippen LogP contribution in [0.1, 0.15) is 34.1 Å². The van der Waals surface area contributed by atoms with Gasteiger partial charge in [-0.3, -0.25) is 0 Å². The summed E-state index contributed by atoms with van der Waals surface area (Å²) < 4.78 is 0. The highest BCUT2D eigenvalue weighted by Crippen LogP contribution is 1.61. The van der Waals surface area contributed by atoms with E-state index in [4.69, 9.17) is 20.4 Å². The van der Waals surface area contributed by atoms with Gasteiger partial charge in [-0.05, 0) is 27.2 Å². The van der Waals surface area contributed by atoms with E-state index in [1.54, 1.807) is 20.8 Å². The van der Waals surface area contributed by atoms with Crippen LogP contribution >= 0.6 is 0 Å². The molecule has 0 radical (unpaired) electrons. The molecule has 0 unspecified atom stereocenters. The van der Waals surface area contributed by atoms with Gasteiger partial charge in [0, 0.05) is 26.4 Å². The Bertz CT molecular complexity index is 28.0. The predicted octanol–water partition coefficient (Wildman–Crippen LogP) is 0.385. The third-order valence-electron chi connectivity index (χ3n) is 0.224. The molecule has 86 valence electrons. The van der Waals surface area contributed by atoms with Crippen molar-refractivity contribution in [3.63, 3.8) is 0 Å². The number of hydrogen-bond donors (Lipinski definition) is 4. The smallest absolute Gasteiger partial charge is 0.0428 e. The molecule has 0 saturated carbocycles. The normalized spacial score (nSPS) is 6.46. The van der Waals surface area contributed by atoms with E-state index in [9.17, 15) is 0 Å². The Labute approximate surface area is 81.9 Å². The third kappa shape index (κ3) is 1620. The van der Waals surface area contributed by atoms with Crippen LogP contribution in [0, 0.1) is 0 Å². The summed E-state index contributed by atoms with van der Waals surface area (Å²) in [6.45, 7) is 8.04. The van der Waals surface area contributed by atoms with Gasteiger partial charge in [-0.15, -0.1) is 0 Å². The van der Waals surface area contributed by atoms with Gasteiger partial charge in [0.05, 0.1) is 0 Å². The van der Waals surface area contributed by atoms with Crippen LogP contribution in [0.5, 0.6) is 0 Å². The molecular weight excluding hydrogens is 172 g/mol. The fourth-order valence-electron chi connectivity index (χ4n) is 0. The van der Waals surface area contributed by atoms with E-state index in [0.29, 0.717) is 6.61 Å². The van der Waals surface area contributed by atoms with Gasteiger partial charge in [0.2, 0.25) is 0 Å². The van der Waals surface area contributed by atoms with Crippen LogP contribution < -0.4 is 0 Å². The van der Waals surface area contributed by atoms with Gasteiger partial charge in [-0.2, -0.15) is 0 Å². The Kier molecular flexibility index (Phi) is 105. The number of hydrogen-bond acceptors (Lipinski definition) is 4. The summed E-state index contributed by atoms with van der Waals surface area (Å²) in [5, 5.41) is 30.6. The van der Waals surface area contributed by atoms with Crippen LogP contribution in [-0.2, 0) is 0 Å². The zero-order chi connectivity index (χ0) is 11.5. The summed E-state index contributed by atoms with van der Waals surface area (Å²) in [6.07, 6.45) is 0.875. The third-order valence-corrected chi connectivity index (χ3v) is 0.224. The molecule has 0 aliphatic carbocycles. The number of aliphatic hydroxyl groups is 4. The van der Waals surface area contributed by atoms with Gasteiger partial charge in [0.1, 0.15) is 0 Å². The minimum atomic E-state index is 0.250. The quantitative estimate of drug-likeness (QED) is 0.491. The molecule has 0 aromatic rings. The van der Waals surface area contributed by atoms with Crippen molar-refractivity contribution in [2.75, 3.05) is 26.4 Å². The summed E-state index contributed by atoms with van der Waals surface area (Å²) in [7, 11) is 0. The van der Waals surface area contributed by atoms with Crippen molar-refractivity contribution in [1.29, 1.82) is 0 Å². The van der Waals surface area contributed by atoms with E-state index in [-0.39, 0.29) is 19.8 Å². The molecule has 0 fully saturated rings. The van der Waals surface area contributed by atoms with E-state index < -0.39 is 0 Å². The molecule has 13 heavy (non-hydrogen) atoms. The van der Waals surface area contributed by atoms with Crippen LogP contribution in [0.2, 0.25) is 0 Å². The molecule has 0 amide bonds. The minimum absolute atomic E-state index is 0.250. The molecule has 0 aliphatic rings. The van der Waals surface area contributed by atoms with E-state index in [0.717, 1.165) is 6.42 Å². The molecule has 0 saturated heterocycles. The van der Waals surface area contributed by atoms with Gasteiger partial charge < -0.3 is 20.4 Å². The second kappa shape index (κ2) is 59.4. The van der Waals surface area contributed by atoms with Crippen LogP contribution in [-0.4, -0.2) is 46.9 Å². The van der Waals surface area contributed by atoms with E-state index >= 15 is 0 Å². The largest absolute Gasteiger partial charge is 0.397 e. The molecule has 0 rings (SSSR count). The fourth-order valence-corrected chi connectivity index (χ4v) is 0. The Hall–Kier alpha value is -0.160. The maximum atomic E-state index is 7.88. The van der Waals surface area contributed by atoms with Crippen molar-refractivity contribution in [3.8, 4) is 0 Å². The molecule has 0 atom stereocenters. The molecule has 4 nitrogen and oxygen atoms in total. The minimum Gasteiger partial charge on any atom is -0.397 e. The lowest BCUT2D eigenvalue weighted by atomic mass is 10.5. The topological polar surface area (TPSA) is 80.9 Å². The van der Waals surface area contributed by atoms with E-state index in [2.05, 4.69) is 0 Å². The summed E-state index contributed by atoms with van der Waals surface area (Å²) in [4.78, 5) is 0. The standard InChI is InChI=1S/C3H8O.3C2H6O/c1-2-3-4;3*1-2-3/h4H,2-3H2,1H3;3*3H,2H2,1H3. The molecule has 0 aromatic heterocycles. The molecule has 0 bridgehead atoms. The predicted molar refractivity (Wildman–Crippen MR) is 55.7 cm³/mol. The van der Waals surface area contributed by atoms with Gasteiger partial charge in [-0.25, -0.2) is 0 Å². The molecule has 0 spiro atoms. The van der Waals surface area contributed by atoms with Crippen molar-refractivity contribution in [2.24, 2.45) is 0 Å². The molecule has 0 heterocycles. The number of aliphatic hydroxyl groups excluding tert-OH is 4. The lowest BCUT2D eigenvalue weighted by Gasteiger charge is -1.69. The Morgan fingerprint density at radius 1 is 0.615 bits per heavy atom. The summed E-state index contributed by atoms with van der Waals surface area (Å²) in [5.74, 6) is 0. The molecule has 4 N–H and O–H groups in total. The SMILES string of the molecule is CCCO.CCO.CCO.CCO. The Morgan fingerprint density at radius 3 is 0.692 bits per heavy atom. The molecular formula is C9H26O4. The first-order chi connectivity index (χ1) is 6.16. The second-order valence-electron chi connectivity index (χ2n) is 1.67. The van der Waals surface area contributed by atoms with Crippen LogP contribution in [0.3, 0.4) is 0 Å². The number of rotatable bonds is 1. The zero-order valence-electron chi connectivity index (χ0n) is 9.32. The van der Waals surface area contributed by atoms with Crippen molar-refractivity contribution in [3.05, 3.63) is 0 Å². The first-order valence-electron chi connectivity index (χ1n) is 4.59. The van der Waals surface area contributed by atoms with Crippen molar-refractivity contribution < 1.29 is 20.4 Å². The first kappa shape index (κ1) is 23.0. The van der Waals surface area contributed by atoms with E-state index in [1.165, 1.54) is 0 Å². The van der Waals surface area contributed by atoms with Crippen molar-refractivity contribution in [2.45, 2.75) is 34.1 Å². The Balaban J connectivity index is -0.0000000420. The zero-order valence-corrected chi connectivity index (χ0v) is 9.32. The van der Waals surface area contributed by atoms with Gasteiger partial charge in [-0.1, -0.05) is 6.92 Å². The molecule has 4 heteroatoms. The second-order valence-corrected chi connectivity index (χ2v) is 1.67. The Morgan fingerprint density at radius 2 is 0.692 bits per heavy atom. The average Bonchev–Trinajstić information content (AvgIpc) is 2.08. The molecule has 0 aromatic carbocycles. The monoisotopic (exact) mass is 198 g/mol. The van der Waals surface area contributed by atoms with Gasteiger partial charge in [0.25, 0.3) is 0 Å².